The lowest BCUT2D eigenvalue weighted by Gasteiger charge is -2.14. The van der Waals surface area contributed by atoms with Gasteiger partial charge in [0.05, 0.1) is 5.56 Å². The molecule has 1 rings (SSSR count). The van der Waals surface area contributed by atoms with Crippen molar-refractivity contribution in [3.8, 4) is 12.3 Å². The maximum absolute atomic E-state index is 12.1. The van der Waals surface area contributed by atoms with Crippen molar-refractivity contribution in [2.75, 3.05) is 0 Å². The number of hydrogen-bond acceptors (Lipinski definition) is 2. The fraction of sp³-hybridized carbons (Fsp3) is 0.500. The molecule has 3 heteroatoms. The Bertz CT molecular complexity index is 452. The molecule has 0 saturated carbocycles. The molecule has 0 aromatic carbocycles. The first kappa shape index (κ1) is 13.4. The maximum atomic E-state index is 12.1. The van der Waals surface area contributed by atoms with Gasteiger partial charge >= 0.3 is 0 Å². The van der Waals surface area contributed by atoms with Crippen LogP contribution in [0.25, 0.3) is 0 Å². The summed E-state index contributed by atoms with van der Waals surface area (Å²) in [6, 6.07) is 0.0292. The second-order valence-corrected chi connectivity index (χ2v) is 4.20. The average molecular weight is 233 g/mol. The highest BCUT2D eigenvalue weighted by Gasteiger charge is 2.20. The van der Waals surface area contributed by atoms with E-state index in [4.69, 9.17) is 10.8 Å². The van der Waals surface area contributed by atoms with Crippen LogP contribution in [0.2, 0.25) is 0 Å². The molecule has 1 heterocycles. The van der Waals surface area contributed by atoms with E-state index in [0.717, 1.165) is 17.7 Å². The van der Waals surface area contributed by atoms with Crippen LogP contribution in [-0.2, 0) is 0 Å². The number of terminal acetylenes is 1. The van der Waals surface area contributed by atoms with Crippen molar-refractivity contribution >= 4 is 5.91 Å². The summed E-state index contributed by atoms with van der Waals surface area (Å²) in [5.41, 5.74) is 1.54. The zero-order valence-corrected chi connectivity index (χ0v) is 10.9. The van der Waals surface area contributed by atoms with Crippen LogP contribution < -0.4 is 5.32 Å². The number of amides is 1. The highest BCUT2D eigenvalue weighted by atomic mass is 16.3. The molecule has 1 atom stereocenters. The third-order valence-electron chi connectivity index (χ3n) is 2.98. The second kappa shape index (κ2) is 5.58. The van der Waals surface area contributed by atoms with Gasteiger partial charge in [-0.05, 0) is 27.2 Å². The summed E-state index contributed by atoms with van der Waals surface area (Å²) in [5, 5.41) is 2.94. The zero-order chi connectivity index (χ0) is 13.0. The number of aryl methyl sites for hydroxylation is 2. The predicted molar refractivity (Wildman–Crippen MR) is 67.9 cm³/mol. The molecule has 3 nitrogen and oxygen atoms in total. The quantitative estimate of drug-likeness (QED) is 0.812. The molecule has 1 aromatic rings. The lowest BCUT2D eigenvalue weighted by Crippen LogP contribution is -2.34. The van der Waals surface area contributed by atoms with Gasteiger partial charge in [-0.3, -0.25) is 4.79 Å². The number of rotatable bonds is 4. The van der Waals surface area contributed by atoms with E-state index in [-0.39, 0.29) is 11.9 Å². The molecule has 0 fully saturated rings. The largest absolute Gasteiger partial charge is 0.466 e. The van der Waals surface area contributed by atoms with Crippen LogP contribution in [0, 0.1) is 33.1 Å². The van der Waals surface area contributed by atoms with Crippen molar-refractivity contribution < 1.29 is 9.21 Å². The monoisotopic (exact) mass is 233 g/mol. The lowest BCUT2D eigenvalue weighted by atomic mass is 10.1. The Morgan fingerprint density at radius 3 is 2.47 bits per heavy atom. The summed E-state index contributed by atoms with van der Waals surface area (Å²) in [6.07, 6.45) is 6.64. The highest BCUT2D eigenvalue weighted by Crippen LogP contribution is 2.20. The molecule has 0 saturated heterocycles. The number of carbonyl (C=O) groups excluding carboxylic acids is 1. The molecule has 0 aliphatic heterocycles. The van der Waals surface area contributed by atoms with Gasteiger partial charge in [0.15, 0.2) is 0 Å². The van der Waals surface area contributed by atoms with Crippen molar-refractivity contribution in [1.82, 2.24) is 5.32 Å². The highest BCUT2D eigenvalue weighted by molar-refractivity contribution is 5.97. The van der Waals surface area contributed by atoms with E-state index >= 15 is 0 Å². The Morgan fingerprint density at radius 1 is 1.41 bits per heavy atom. The van der Waals surface area contributed by atoms with Gasteiger partial charge in [-0.1, -0.05) is 6.92 Å². The van der Waals surface area contributed by atoms with Crippen molar-refractivity contribution in [2.45, 2.75) is 46.6 Å². The van der Waals surface area contributed by atoms with Crippen LogP contribution in [0.15, 0.2) is 4.42 Å². The first-order valence-electron chi connectivity index (χ1n) is 5.82. The minimum absolute atomic E-state index is 0.0292. The van der Waals surface area contributed by atoms with Crippen LogP contribution >= 0.6 is 0 Å². The van der Waals surface area contributed by atoms with Crippen molar-refractivity contribution in [1.29, 1.82) is 0 Å². The molecular weight excluding hydrogens is 214 g/mol. The van der Waals surface area contributed by atoms with Crippen LogP contribution in [0.3, 0.4) is 0 Å². The fourth-order valence-electron chi connectivity index (χ4n) is 1.82. The van der Waals surface area contributed by atoms with Crippen molar-refractivity contribution in [3.05, 3.63) is 22.6 Å². The SMILES string of the molecule is C#CCC(CC)NC(=O)c1c(C)oc(C)c1C. The van der Waals surface area contributed by atoms with Gasteiger partial charge in [-0.15, -0.1) is 12.3 Å². The van der Waals surface area contributed by atoms with E-state index in [9.17, 15) is 4.79 Å². The normalized spacial score (nSPS) is 11.9. The Balaban J connectivity index is 2.87. The topological polar surface area (TPSA) is 42.2 Å². The van der Waals surface area contributed by atoms with E-state index in [1.54, 1.807) is 6.92 Å². The van der Waals surface area contributed by atoms with E-state index < -0.39 is 0 Å². The minimum Gasteiger partial charge on any atom is -0.466 e. The van der Waals surface area contributed by atoms with Crippen molar-refractivity contribution in [3.63, 3.8) is 0 Å². The first-order chi connectivity index (χ1) is 8.01. The third-order valence-corrected chi connectivity index (χ3v) is 2.98. The molecule has 0 spiro atoms. The molecular formula is C14H19NO2. The maximum Gasteiger partial charge on any atom is 0.255 e. The second-order valence-electron chi connectivity index (χ2n) is 4.20. The summed E-state index contributed by atoms with van der Waals surface area (Å²) >= 11 is 0. The fourth-order valence-corrected chi connectivity index (χ4v) is 1.82. The van der Waals surface area contributed by atoms with Crippen LogP contribution in [0.4, 0.5) is 0 Å². The summed E-state index contributed by atoms with van der Waals surface area (Å²) < 4.78 is 5.44. The van der Waals surface area contributed by atoms with Crippen LogP contribution in [-0.4, -0.2) is 11.9 Å². The first-order valence-corrected chi connectivity index (χ1v) is 5.82. The summed E-state index contributed by atoms with van der Waals surface area (Å²) in [6.45, 7) is 7.56. The molecule has 1 N–H and O–H groups in total. The molecule has 1 amide bonds. The van der Waals surface area contributed by atoms with Gasteiger partial charge in [0.2, 0.25) is 0 Å². The molecule has 1 aromatic heterocycles. The Labute approximate surface area is 103 Å². The standard InChI is InChI=1S/C14H19NO2/c1-6-8-12(7-2)15-14(16)13-9(3)10(4)17-11(13)5/h1,12H,7-8H2,2-5H3,(H,15,16). The number of furan rings is 1. The Kier molecular flexibility index (Phi) is 4.39. The Morgan fingerprint density at radius 2 is 2.06 bits per heavy atom. The number of nitrogens with one attached hydrogen (secondary N) is 1. The van der Waals surface area contributed by atoms with Crippen molar-refractivity contribution in [2.24, 2.45) is 0 Å². The molecule has 17 heavy (non-hydrogen) atoms. The van der Waals surface area contributed by atoms with Crippen LogP contribution in [0.1, 0.15) is 47.2 Å². The molecule has 1 unspecified atom stereocenters. The smallest absolute Gasteiger partial charge is 0.255 e. The van der Waals surface area contributed by atoms with E-state index in [2.05, 4.69) is 11.2 Å². The molecule has 92 valence electrons. The Hall–Kier alpha value is -1.69. The lowest BCUT2D eigenvalue weighted by molar-refractivity contribution is 0.0934. The minimum atomic E-state index is -0.0982. The van der Waals surface area contributed by atoms with E-state index in [1.807, 2.05) is 20.8 Å². The van der Waals surface area contributed by atoms with Crippen LogP contribution in [0.5, 0.6) is 0 Å². The van der Waals surface area contributed by atoms with Gasteiger partial charge in [0.25, 0.3) is 5.91 Å². The molecule has 0 radical (unpaired) electrons. The summed E-state index contributed by atoms with van der Waals surface area (Å²) in [4.78, 5) is 12.1. The van der Waals surface area contributed by atoms with Gasteiger partial charge < -0.3 is 9.73 Å². The predicted octanol–water partition coefficient (Wildman–Crippen LogP) is 2.74. The zero-order valence-electron chi connectivity index (χ0n) is 10.9. The van der Waals surface area contributed by atoms with Gasteiger partial charge in [0.1, 0.15) is 11.5 Å². The summed E-state index contributed by atoms with van der Waals surface area (Å²) in [5.74, 6) is 3.92. The molecule has 0 bridgehead atoms. The molecule has 0 aliphatic carbocycles. The number of carbonyl (C=O) groups is 1. The van der Waals surface area contributed by atoms with Gasteiger partial charge in [0, 0.05) is 18.0 Å². The third kappa shape index (κ3) is 2.91. The molecule has 0 aliphatic rings. The average Bonchev–Trinajstić information content (AvgIpc) is 2.52. The van der Waals surface area contributed by atoms with Gasteiger partial charge in [-0.2, -0.15) is 0 Å². The summed E-state index contributed by atoms with van der Waals surface area (Å²) in [7, 11) is 0. The number of hydrogen-bond donors (Lipinski definition) is 1. The van der Waals surface area contributed by atoms with Gasteiger partial charge in [-0.25, -0.2) is 0 Å². The van der Waals surface area contributed by atoms with E-state index in [1.165, 1.54) is 0 Å². The van der Waals surface area contributed by atoms with E-state index in [0.29, 0.717) is 17.7 Å².